The van der Waals surface area contributed by atoms with E-state index in [0.29, 0.717) is 0 Å². The highest BCUT2D eigenvalue weighted by Gasteiger charge is 2.19. The van der Waals surface area contributed by atoms with Gasteiger partial charge in [0.25, 0.3) is 0 Å². The van der Waals surface area contributed by atoms with Gasteiger partial charge >= 0.3 is 0 Å². The molecular weight excluding hydrogens is 633 g/mol. The van der Waals surface area contributed by atoms with Crippen molar-refractivity contribution in [1.82, 2.24) is 19.1 Å². The van der Waals surface area contributed by atoms with Crippen molar-refractivity contribution in [2.24, 2.45) is 0 Å². The third-order valence-electron chi connectivity index (χ3n) is 10.5. The normalized spacial score (nSPS) is 11.8. The van der Waals surface area contributed by atoms with E-state index in [-0.39, 0.29) is 0 Å². The highest BCUT2D eigenvalue weighted by Crippen LogP contribution is 2.40. The van der Waals surface area contributed by atoms with Gasteiger partial charge in [0.05, 0.1) is 33.3 Å². The van der Waals surface area contributed by atoms with E-state index >= 15 is 0 Å². The summed E-state index contributed by atoms with van der Waals surface area (Å²) >= 11 is 0. The first kappa shape index (κ1) is 28.8. The zero-order valence-corrected chi connectivity index (χ0v) is 28.1. The van der Waals surface area contributed by atoms with Crippen molar-refractivity contribution in [2.75, 3.05) is 0 Å². The molecular formula is C48H30N4. The lowest BCUT2D eigenvalue weighted by molar-refractivity contribution is 1.18. The number of rotatable bonds is 4. The first-order valence-corrected chi connectivity index (χ1v) is 17.7. The maximum atomic E-state index is 5.20. The number of hydrogen-bond acceptors (Lipinski definition) is 2. The smallest absolute Gasteiger partial charge is 0.159 e. The molecule has 0 N–H and O–H groups in total. The van der Waals surface area contributed by atoms with Crippen LogP contribution in [0.15, 0.2) is 182 Å². The molecule has 3 heterocycles. The molecule has 0 fully saturated rings. The van der Waals surface area contributed by atoms with E-state index in [1.165, 1.54) is 49.4 Å². The average molecular weight is 663 g/mol. The maximum absolute atomic E-state index is 5.20. The van der Waals surface area contributed by atoms with Crippen molar-refractivity contribution in [3.63, 3.8) is 0 Å². The van der Waals surface area contributed by atoms with Crippen LogP contribution in [0.1, 0.15) is 0 Å². The van der Waals surface area contributed by atoms with Crippen LogP contribution < -0.4 is 0 Å². The van der Waals surface area contributed by atoms with E-state index in [9.17, 15) is 0 Å². The molecule has 242 valence electrons. The second-order valence-electron chi connectivity index (χ2n) is 13.4. The number of benzene rings is 8. The molecule has 0 unspecified atom stereocenters. The van der Waals surface area contributed by atoms with Gasteiger partial charge in [-0.05, 0) is 71.1 Å². The van der Waals surface area contributed by atoms with Gasteiger partial charge in [-0.3, -0.25) is 0 Å². The largest absolute Gasteiger partial charge is 0.309 e. The summed E-state index contributed by atoms with van der Waals surface area (Å²) < 4.78 is 4.76. The summed E-state index contributed by atoms with van der Waals surface area (Å²) in [7, 11) is 0. The van der Waals surface area contributed by atoms with E-state index < -0.39 is 0 Å². The van der Waals surface area contributed by atoms with Gasteiger partial charge in [0.1, 0.15) is 0 Å². The van der Waals surface area contributed by atoms with Crippen LogP contribution in [0.5, 0.6) is 0 Å². The van der Waals surface area contributed by atoms with Crippen LogP contribution in [0.2, 0.25) is 0 Å². The molecule has 52 heavy (non-hydrogen) atoms. The van der Waals surface area contributed by atoms with Gasteiger partial charge < -0.3 is 9.13 Å². The fourth-order valence-electron chi connectivity index (χ4n) is 8.17. The molecule has 0 bridgehead atoms. The SMILES string of the molecule is c1ccc(-c2ncc3c(-n4c5ccccc5c5cc(-c6ccc7c(c6)c6ccccc6n7-c6ccccc6)ccc54)cc4ccccc4c3n2)cc1. The number of fused-ring (bicyclic) bond motifs is 9. The van der Waals surface area contributed by atoms with Gasteiger partial charge in [-0.1, -0.05) is 121 Å². The van der Waals surface area contributed by atoms with Crippen molar-refractivity contribution in [2.45, 2.75) is 0 Å². The lowest BCUT2D eigenvalue weighted by Crippen LogP contribution is -1.99. The number of aromatic nitrogens is 4. The van der Waals surface area contributed by atoms with E-state index in [0.717, 1.165) is 49.8 Å². The van der Waals surface area contributed by atoms with Crippen LogP contribution in [-0.2, 0) is 0 Å². The molecule has 11 rings (SSSR count). The molecule has 0 saturated carbocycles. The van der Waals surface area contributed by atoms with Gasteiger partial charge in [-0.2, -0.15) is 0 Å². The molecule has 8 aromatic carbocycles. The van der Waals surface area contributed by atoms with Gasteiger partial charge in [0, 0.05) is 49.8 Å². The van der Waals surface area contributed by atoms with Gasteiger partial charge in [-0.25, -0.2) is 9.97 Å². The number of nitrogens with zero attached hydrogens (tertiary/aromatic N) is 4. The topological polar surface area (TPSA) is 35.6 Å². The Morgan fingerprint density at radius 2 is 0.904 bits per heavy atom. The summed E-state index contributed by atoms with van der Waals surface area (Å²) in [6.07, 6.45) is 2.00. The fraction of sp³-hybridized carbons (Fsp3) is 0. The lowest BCUT2D eigenvalue weighted by atomic mass is 10.0. The molecule has 0 aliphatic heterocycles. The summed E-state index contributed by atoms with van der Waals surface area (Å²) in [6, 6.07) is 62.9. The third-order valence-corrected chi connectivity index (χ3v) is 10.5. The molecule has 0 aliphatic rings. The minimum Gasteiger partial charge on any atom is -0.309 e. The van der Waals surface area contributed by atoms with Crippen molar-refractivity contribution in [3.8, 4) is 33.9 Å². The Kier molecular flexibility index (Phi) is 6.22. The van der Waals surface area contributed by atoms with Crippen LogP contribution >= 0.6 is 0 Å². The first-order valence-electron chi connectivity index (χ1n) is 17.7. The van der Waals surface area contributed by atoms with Crippen LogP contribution in [0.4, 0.5) is 0 Å². The van der Waals surface area contributed by atoms with Crippen molar-refractivity contribution in [3.05, 3.63) is 182 Å². The Morgan fingerprint density at radius 3 is 1.60 bits per heavy atom. The van der Waals surface area contributed by atoms with E-state index in [1.807, 2.05) is 24.4 Å². The Bertz CT molecular complexity index is 3170. The zero-order chi connectivity index (χ0) is 34.2. The zero-order valence-electron chi connectivity index (χ0n) is 28.1. The molecule has 0 aliphatic carbocycles. The maximum Gasteiger partial charge on any atom is 0.159 e. The Balaban J connectivity index is 1.13. The fourth-order valence-corrected chi connectivity index (χ4v) is 8.17. The minimum absolute atomic E-state index is 0.728. The highest BCUT2D eigenvalue weighted by molar-refractivity contribution is 6.15. The quantitative estimate of drug-likeness (QED) is 0.176. The summed E-state index contributed by atoms with van der Waals surface area (Å²) in [5, 5.41) is 8.21. The molecule has 11 aromatic rings. The van der Waals surface area contributed by atoms with E-state index in [4.69, 9.17) is 9.97 Å². The molecule has 4 heteroatoms. The Morgan fingerprint density at radius 1 is 0.365 bits per heavy atom. The second kappa shape index (κ2) is 11.2. The second-order valence-corrected chi connectivity index (χ2v) is 13.4. The van der Waals surface area contributed by atoms with E-state index in [1.54, 1.807) is 0 Å². The summed E-state index contributed by atoms with van der Waals surface area (Å²) in [5.41, 5.74) is 11.3. The van der Waals surface area contributed by atoms with Crippen LogP contribution in [0.3, 0.4) is 0 Å². The highest BCUT2D eigenvalue weighted by atomic mass is 15.0. The lowest BCUT2D eigenvalue weighted by Gasteiger charge is -2.14. The van der Waals surface area contributed by atoms with Gasteiger partial charge in [-0.15, -0.1) is 0 Å². The van der Waals surface area contributed by atoms with E-state index in [2.05, 4.69) is 167 Å². The first-order chi connectivity index (χ1) is 25.8. The molecule has 0 atom stereocenters. The van der Waals surface area contributed by atoms with Crippen LogP contribution in [-0.4, -0.2) is 19.1 Å². The minimum atomic E-state index is 0.728. The summed E-state index contributed by atoms with van der Waals surface area (Å²) in [5.74, 6) is 0.728. The number of hydrogen-bond donors (Lipinski definition) is 0. The third kappa shape index (κ3) is 4.28. The average Bonchev–Trinajstić information content (AvgIpc) is 3.73. The molecule has 3 aromatic heterocycles. The van der Waals surface area contributed by atoms with Crippen LogP contribution in [0, 0.1) is 0 Å². The van der Waals surface area contributed by atoms with Crippen LogP contribution in [0.25, 0.3) is 99.2 Å². The molecule has 0 saturated heterocycles. The predicted molar refractivity (Wildman–Crippen MR) is 217 cm³/mol. The molecule has 0 spiro atoms. The molecule has 0 amide bonds. The molecule has 0 radical (unpaired) electrons. The predicted octanol–water partition coefficient (Wildman–Crippen LogP) is 12.3. The van der Waals surface area contributed by atoms with Gasteiger partial charge in [0.15, 0.2) is 5.82 Å². The Hall–Kier alpha value is -7.04. The van der Waals surface area contributed by atoms with Crippen molar-refractivity contribution in [1.29, 1.82) is 0 Å². The summed E-state index contributed by atoms with van der Waals surface area (Å²) in [4.78, 5) is 10.1. The van der Waals surface area contributed by atoms with Crippen molar-refractivity contribution < 1.29 is 0 Å². The summed E-state index contributed by atoms with van der Waals surface area (Å²) in [6.45, 7) is 0. The number of para-hydroxylation sites is 3. The van der Waals surface area contributed by atoms with Gasteiger partial charge in [0.2, 0.25) is 0 Å². The van der Waals surface area contributed by atoms with Crippen molar-refractivity contribution >= 4 is 65.3 Å². The molecule has 4 nitrogen and oxygen atoms in total. The Labute approximate surface area is 299 Å². The monoisotopic (exact) mass is 662 g/mol. The standard InChI is InChI=1S/C48H30N4/c1-3-13-31(14-4-1)48-49-30-41-46(29-34-15-7-8-18-36(34)47(41)50-48)52-43-22-12-10-20-38(43)40-28-33(24-26-45(40)52)32-23-25-44-39(27-32)37-19-9-11-21-42(37)51(44)35-16-5-2-6-17-35/h1-30H.